The van der Waals surface area contributed by atoms with Crippen molar-refractivity contribution in [1.29, 1.82) is 0 Å². The molecule has 1 aromatic heterocycles. The van der Waals surface area contributed by atoms with Crippen LogP contribution in [0, 0.1) is 0 Å². The second-order valence-electron chi connectivity index (χ2n) is 3.33. The maximum atomic E-state index is 11.5. The van der Waals surface area contributed by atoms with Crippen molar-refractivity contribution in [3.63, 3.8) is 0 Å². The summed E-state index contributed by atoms with van der Waals surface area (Å²) < 4.78 is 0. The molecule has 2 rings (SSSR count). The Kier molecular flexibility index (Phi) is 3.43. The number of nitrogens with one attached hydrogen (secondary N) is 1. The van der Waals surface area contributed by atoms with Crippen molar-refractivity contribution in [3.8, 4) is 0 Å². The van der Waals surface area contributed by atoms with Gasteiger partial charge >= 0.3 is 0 Å². The van der Waals surface area contributed by atoms with E-state index in [9.17, 15) is 9.59 Å². The molecule has 0 saturated carbocycles. The summed E-state index contributed by atoms with van der Waals surface area (Å²) in [6.07, 6.45) is 1.14. The lowest BCUT2D eigenvalue weighted by molar-refractivity contribution is -0.123. The summed E-state index contributed by atoms with van der Waals surface area (Å²) in [6.45, 7) is 0. The third-order valence-electron chi connectivity index (χ3n) is 2.19. The standard InChI is InChI=1S/C10H11NO2S2/c12-9(6-7-2-1-4-14-7)11-8-3-5-15-10(8)13/h1-2,4,8H,3,5-6H2,(H,11,12). The van der Waals surface area contributed by atoms with Crippen LogP contribution in [0.2, 0.25) is 0 Å². The molecule has 1 aliphatic rings. The molecule has 3 nitrogen and oxygen atoms in total. The predicted molar refractivity (Wildman–Crippen MR) is 62.0 cm³/mol. The molecular formula is C10H11NO2S2. The second kappa shape index (κ2) is 4.81. The highest BCUT2D eigenvalue weighted by Crippen LogP contribution is 2.19. The van der Waals surface area contributed by atoms with Crippen LogP contribution >= 0.6 is 23.1 Å². The van der Waals surface area contributed by atoms with Crippen LogP contribution in [0.1, 0.15) is 11.3 Å². The normalized spacial score (nSPS) is 20.5. The molecule has 0 spiro atoms. The minimum absolute atomic E-state index is 0.0571. The van der Waals surface area contributed by atoms with Crippen LogP contribution in [0.3, 0.4) is 0 Å². The predicted octanol–water partition coefficient (Wildman–Crippen LogP) is 1.44. The number of hydrogen-bond donors (Lipinski definition) is 1. The van der Waals surface area contributed by atoms with Gasteiger partial charge in [-0.2, -0.15) is 0 Å². The summed E-state index contributed by atoms with van der Waals surface area (Å²) in [5, 5.41) is 4.80. The Hall–Kier alpha value is -0.810. The number of rotatable bonds is 3. The Labute approximate surface area is 96.3 Å². The number of hydrogen-bond acceptors (Lipinski definition) is 4. The van der Waals surface area contributed by atoms with Gasteiger partial charge in [0.25, 0.3) is 0 Å². The van der Waals surface area contributed by atoms with E-state index in [2.05, 4.69) is 5.32 Å². The third-order valence-corrected chi connectivity index (χ3v) is 4.07. The summed E-state index contributed by atoms with van der Waals surface area (Å²) in [6, 6.07) is 3.58. The fraction of sp³-hybridized carbons (Fsp3) is 0.400. The molecular weight excluding hydrogens is 230 g/mol. The molecule has 1 N–H and O–H groups in total. The molecule has 15 heavy (non-hydrogen) atoms. The Morgan fingerprint density at radius 3 is 3.07 bits per heavy atom. The number of thioether (sulfide) groups is 1. The zero-order valence-corrected chi connectivity index (χ0v) is 9.70. The van der Waals surface area contributed by atoms with E-state index in [0.717, 1.165) is 17.1 Å². The minimum atomic E-state index is -0.262. The van der Waals surface area contributed by atoms with Crippen LogP contribution in [0.25, 0.3) is 0 Å². The number of thiophene rings is 1. The molecule has 80 valence electrons. The molecule has 1 amide bonds. The summed E-state index contributed by atoms with van der Waals surface area (Å²) >= 11 is 2.86. The van der Waals surface area contributed by atoms with E-state index >= 15 is 0 Å². The molecule has 0 aromatic carbocycles. The molecule has 1 unspecified atom stereocenters. The molecule has 0 aliphatic carbocycles. The molecule has 0 radical (unpaired) electrons. The van der Waals surface area contributed by atoms with Gasteiger partial charge in [0.1, 0.15) is 0 Å². The van der Waals surface area contributed by atoms with Crippen molar-refractivity contribution in [2.45, 2.75) is 18.9 Å². The average molecular weight is 241 g/mol. The van der Waals surface area contributed by atoms with Gasteiger partial charge in [-0.25, -0.2) is 0 Å². The van der Waals surface area contributed by atoms with Gasteiger partial charge in [0, 0.05) is 10.6 Å². The van der Waals surface area contributed by atoms with Crippen molar-refractivity contribution in [1.82, 2.24) is 5.32 Å². The lowest BCUT2D eigenvalue weighted by atomic mass is 10.2. The third kappa shape index (κ3) is 2.82. The smallest absolute Gasteiger partial charge is 0.225 e. The Balaban J connectivity index is 1.84. The van der Waals surface area contributed by atoms with Gasteiger partial charge in [-0.05, 0) is 17.9 Å². The minimum Gasteiger partial charge on any atom is -0.345 e. The number of carbonyl (C=O) groups is 2. The van der Waals surface area contributed by atoms with Gasteiger partial charge in [0.15, 0.2) is 0 Å². The topological polar surface area (TPSA) is 46.2 Å². The van der Waals surface area contributed by atoms with Crippen molar-refractivity contribution in [2.75, 3.05) is 5.75 Å². The largest absolute Gasteiger partial charge is 0.345 e. The van der Waals surface area contributed by atoms with Gasteiger partial charge in [0.2, 0.25) is 11.0 Å². The first-order chi connectivity index (χ1) is 7.25. The zero-order chi connectivity index (χ0) is 10.7. The van der Waals surface area contributed by atoms with E-state index in [1.165, 1.54) is 11.8 Å². The van der Waals surface area contributed by atoms with Crippen LogP contribution in [-0.2, 0) is 16.0 Å². The first-order valence-electron chi connectivity index (χ1n) is 4.74. The van der Waals surface area contributed by atoms with Gasteiger partial charge in [-0.15, -0.1) is 11.3 Å². The van der Waals surface area contributed by atoms with E-state index < -0.39 is 0 Å². The van der Waals surface area contributed by atoms with E-state index in [1.807, 2.05) is 17.5 Å². The van der Waals surface area contributed by atoms with Crippen LogP contribution in [-0.4, -0.2) is 22.8 Å². The van der Waals surface area contributed by atoms with Crippen LogP contribution < -0.4 is 5.32 Å². The summed E-state index contributed by atoms with van der Waals surface area (Å²) in [5.74, 6) is 0.765. The van der Waals surface area contributed by atoms with Gasteiger partial charge < -0.3 is 5.32 Å². The molecule has 2 heterocycles. The Morgan fingerprint density at radius 2 is 2.47 bits per heavy atom. The first kappa shape index (κ1) is 10.7. The lowest BCUT2D eigenvalue weighted by Gasteiger charge is -2.08. The lowest BCUT2D eigenvalue weighted by Crippen LogP contribution is -2.37. The van der Waals surface area contributed by atoms with Crippen LogP contribution in [0.15, 0.2) is 17.5 Å². The molecule has 1 atom stereocenters. The quantitative estimate of drug-likeness (QED) is 0.871. The monoisotopic (exact) mass is 241 g/mol. The molecule has 0 bridgehead atoms. The van der Waals surface area contributed by atoms with Crippen LogP contribution in [0.4, 0.5) is 0 Å². The van der Waals surface area contributed by atoms with Crippen LogP contribution in [0.5, 0.6) is 0 Å². The highest BCUT2D eigenvalue weighted by Gasteiger charge is 2.26. The molecule has 5 heteroatoms. The van der Waals surface area contributed by atoms with E-state index in [4.69, 9.17) is 0 Å². The van der Waals surface area contributed by atoms with Crippen molar-refractivity contribution in [2.24, 2.45) is 0 Å². The maximum absolute atomic E-state index is 11.5. The van der Waals surface area contributed by atoms with Gasteiger partial charge in [-0.3, -0.25) is 9.59 Å². The summed E-state index contributed by atoms with van der Waals surface area (Å²) in [7, 11) is 0. The number of carbonyl (C=O) groups excluding carboxylic acids is 2. The molecule has 1 aromatic rings. The Morgan fingerprint density at radius 1 is 1.60 bits per heavy atom. The highest BCUT2D eigenvalue weighted by atomic mass is 32.2. The fourth-order valence-corrected chi connectivity index (χ4v) is 3.08. The molecule has 1 fully saturated rings. The van der Waals surface area contributed by atoms with Crippen molar-refractivity contribution < 1.29 is 9.59 Å². The SMILES string of the molecule is O=C(Cc1cccs1)NC1CCSC1=O. The average Bonchev–Trinajstić information content (AvgIpc) is 2.79. The fourth-order valence-electron chi connectivity index (χ4n) is 1.44. The number of amides is 1. The Bertz CT molecular complexity index is 362. The van der Waals surface area contributed by atoms with Gasteiger partial charge in [0.05, 0.1) is 12.5 Å². The van der Waals surface area contributed by atoms with Crippen molar-refractivity contribution in [3.05, 3.63) is 22.4 Å². The summed E-state index contributed by atoms with van der Waals surface area (Å²) in [4.78, 5) is 23.8. The van der Waals surface area contributed by atoms with E-state index in [-0.39, 0.29) is 17.1 Å². The highest BCUT2D eigenvalue weighted by molar-refractivity contribution is 8.14. The first-order valence-corrected chi connectivity index (χ1v) is 6.60. The zero-order valence-electron chi connectivity index (χ0n) is 8.06. The molecule has 1 aliphatic heterocycles. The summed E-state index contributed by atoms with van der Waals surface area (Å²) in [5.41, 5.74) is 0. The van der Waals surface area contributed by atoms with E-state index in [0.29, 0.717) is 6.42 Å². The second-order valence-corrected chi connectivity index (χ2v) is 5.46. The maximum Gasteiger partial charge on any atom is 0.225 e. The van der Waals surface area contributed by atoms with Gasteiger partial charge in [-0.1, -0.05) is 17.8 Å². The van der Waals surface area contributed by atoms with E-state index in [1.54, 1.807) is 11.3 Å². The van der Waals surface area contributed by atoms with Crippen molar-refractivity contribution >= 4 is 34.1 Å². The molecule has 1 saturated heterocycles.